The van der Waals surface area contributed by atoms with Crippen molar-refractivity contribution in [3.8, 4) is 22.8 Å². The predicted octanol–water partition coefficient (Wildman–Crippen LogP) is 4.10. The quantitative estimate of drug-likeness (QED) is 0.360. The molecule has 0 aliphatic rings. The van der Waals surface area contributed by atoms with Gasteiger partial charge in [-0.25, -0.2) is 14.5 Å². The molecule has 0 aliphatic carbocycles. The summed E-state index contributed by atoms with van der Waals surface area (Å²) in [6.07, 6.45) is 0.835. The van der Waals surface area contributed by atoms with Gasteiger partial charge in [-0.2, -0.15) is 18.3 Å². The number of fused-ring (bicyclic) bond motifs is 1. The van der Waals surface area contributed by atoms with Crippen LogP contribution in [0.2, 0.25) is 5.02 Å². The average Bonchev–Trinajstić information content (AvgIpc) is 3.48. The van der Waals surface area contributed by atoms with E-state index in [2.05, 4.69) is 20.4 Å². The van der Waals surface area contributed by atoms with Crippen molar-refractivity contribution >= 4 is 23.2 Å². The Bertz CT molecular complexity index is 1350. The van der Waals surface area contributed by atoms with Gasteiger partial charge in [-0.1, -0.05) is 11.6 Å². The van der Waals surface area contributed by atoms with Crippen molar-refractivity contribution in [1.82, 2.24) is 29.5 Å². The molecule has 0 atom stereocenters. The van der Waals surface area contributed by atoms with Crippen molar-refractivity contribution in [3.05, 3.63) is 59.4 Å². The third kappa shape index (κ3) is 5.02. The van der Waals surface area contributed by atoms with Crippen molar-refractivity contribution in [3.63, 3.8) is 0 Å². The van der Waals surface area contributed by atoms with Crippen LogP contribution in [0.1, 0.15) is 22.6 Å². The number of nitrogens with zero attached hydrogens (tertiary/aromatic N) is 5. The van der Waals surface area contributed by atoms with Crippen LogP contribution in [0.5, 0.6) is 11.5 Å². The lowest BCUT2D eigenvalue weighted by Crippen LogP contribution is -2.26. The van der Waals surface area contributed by atoms with Gasteiger partial charge in [-0.3, -0.25) is 4.79 Å². The highest BCUT2D eigenvalue weighted by Gasteiger charge is 2.36. The second-order valence-corrected chi connectivity index (χ2v) is 7.78. The van der Waals surface area contributed by atoms with Gasteiger partial charge in [0, 0.05) is 31.0 Å². The molecule has 1 N–H and O–H groups in total. The molecule has 0 radical (unpaired) electrons. The number of ether oxygens (including phenoxy) is 2. The van der Waals surface area contributed by atoms with Crippen LogP contribution in [0.4, 0.5) is 13.2 Å². The van der Waals surface area contributed by atoms with Gasteiger partial charge >= 0.3 is 6.18 Å². The predicted molar refractivity (Wildman–Crippen MR) is 121 cm³/mol. The minimum atomic E-state index is -4.79. The molecule has 184 valence electrons. The third-order valence-electron chi connectivity index (χ3n) is 5.16. The molecular weight excluding hydrogens is 489 g/mol. The lowest BCUT2D eigenvalue weighted by atomic mass is 10.1. The molecule has 0 spiro atoms. The highest BCUT2D eigenvalue weighted by atomic mass is 35.5. The summed E-state index contributed by atoms with van der Waals surface area (Å²) >= 11 is 6.30. The summed E-state index contributed by atoms with van der Waals surface area (Å²) in [4.78, 5) is 20.8. The first-order valence-corrected chi connectivity index (χ1v) is 10.7. The molecule has 3 aromatic heterocycles. The number of amides is 1. The standard InChI is InChI=1S/C22H20ClF3N6O3/c1-34-15-5-4-13(10-16(15)35-2)14-11-17(22(24,25)26)32-20(29-14)18(23)19(30-32)21(33)28-6-3-8-31-9-7-27-12-31/h4-5,7,9-12H,3,6,8H2,1-2H3,(H,28,33). The Morgan fingerprint density at radius 1 is 1.17 bits per heavy atom. The summed E-state index contributed by atoms with van der Waals surface area (Å²) in [5.74, 6) is 0.0188. The van der Waals surface area contributed by atoms with Crippen LogP contribution in [0.25, 0.3) is 16.9 Å². The fraction of sp³-hybridized carbons (Fsp3) is 0.273. The monoisotopic (exact) mass is 508 g/mol. The molecule has 1 aromatic carbocycles. The van der Waals surface area contributed by atoms with Crippen molar-refractivity contribution in [2.75, 3.05) is 20.8 Å². The van der Waals surface area contributed by atoms with Crippen LogP contribution < -0.4 is 14.8 Å². The molecule has 4 rings (SSSR count). The lowest BCUT2D eigenvalue weighted by Gasteiger charge is -2.12. The zero-order valence-corrected chi connectivity index (χ0v) is 19.4. The molecule has 0 aliphatic heterocycles. The van der Waals surface area contributed by atoms with Crippen LogP contribution in [-0.4, -0.2) is 50.8 Å². The number of aryl methyl sites for hydroxylation is 1. The van der Waals surface area contributed by atoms with E-state index in [1.165, 1.54) is 20.3 Å². The molecule has 4 aromatic rings. The molecule has 1 amide bonds. The van der Waals surface area contributed by atoms with E-state index in [1.54, 1.807) is 30.9 Å². The van der Waals surface area contributed by atoms with Gasteiger partial charge in [-0.15, -0.1) is 0 Å². The zero-order chi connectivity index (χ0) is 25.2. The number of benzene rings is 1. The lowest BCUT2D eigenvalue weighted by molar-refractivity contribution is -0.142. The van der Waals surface area contributed by atoms with Crippen molar-refractivity contribution in [2.45, 2.75) is 19.1 Å². The summed E-state index contributed by atoms with van der Waals surface area (Å²) in [7, 11) is 2.85. The normalized spacial score (nSPS) is 11.6. The number of nitrogens with one attached hydrogen (secondary N) is 1. The van der Waals surface area contributed by atoms with E-state index in [4.69, 9.17) is 21.1 Å². The summed E-state index contributed by atoms with van der Waals surface area (Å²) in [6.45, 7) is 0.866. The van der Waals surface area contributed by atoms with Crippen LogP contribution in [0.3, 0.4) is 0 Å². The number of rotatable bonds is 8. The van der Waals surface area contributed by atoms with Gasteiger partial charge in [0.25, 0.3) is 5.91 Å². The van der Waals surface area contributed by atoms with E-state index in [1.807, 2.05) is 4.57 Å². The number of carbonyl (C=O) groups is 1. The van der Waals surface area contributed by atoms with Gasteiger partial charge in [0.05, 0.1) is 26.2 Å². The second kappa shape index (κ2) is 9.82. The maximum Gasteiger partial charge on any atom is 0.433 e. The van der Waals surface area contributed by atoms with Crippen molar-refractivity contribution < 1.29 is 27.4 Å². The van der Waals surface area contributed by atoms with Gasteiger partial charge in [0.2, 0.25) is 0 Å². The molecule has 0 fully saturated rings. The SMILES string of the molecule is COc1ccc(-c2cc(C(F)(F)F)n3nc(C(=O)NCCCn4ccnc4)c(Cl)c3n2)cc1OC. The molecule has 13 heteroatoms. The summed E-state index contributed by atoms with van der Waals surface area (Å²) in [5, 5.41) is 6.17. The largest absolute Gasteiger partial charge is 0.493 e. The molecule has 3 heterocycles. The second-order valence-electron chi connectivity index (χ2n) is 7.40. The number of carbonyl (C=O) groups excluding carboxylic acids is 1. The van der Waals surface area contributed by atoms with E-state index in [9.17, 15) is 18.0 Å². The molecule has 0 saturated carbocycles. The summed E-state index contributed by atoms with van der Waals surface area (Å²) < 4.78 is 54.5. The fourth-order valence-electron chi connectivity index (χ4n) is 3.45. The summed E-state index contributed by atoms with van der Waals surface area (Å²) in [5.41, 5.74) is -1.47. The Morgan fingerprint density at radius 3 is 2.60 bits per heavy atom. The van der Waals surface area contributed by atoms with Crippen LogP contribution in [-0.2, 0) is 12.7 Å². The maximum absolute atomic E-state index is 13.9. The number of alkyl halides is 3. The molecule has 9 nitrogen and oxygen atoms in total. The number of aromatic nitrogens is 5. The number of hydrogen-bond donors (Lipinski definition) is 1. The Morgan fingerprint density at radius 2 is 1.94 bits per heavy atom. The van der Waals surface area contributed by atoms with Crippen LogP contribution in [0.15, 0.2) is 43.0 Å². The van der Waals surface area contributed by atoms with Crippen molar-refractivity contribution in [2.24, 2.45) is 0 Å². The van der Waals surface area contributed by atoms with E-state index in [-0.39, 0.29) is 28.6 Å². The maximum atomic E-state index is 13.9. The number of imidazole rings is 1. The zero-order valence-electron chi connectivity index (χ0n) is 18.6. The average molecular weight is 509 g/mol. The molecule has 0 bridgehead atoms. The first-order valence-electron chi connectivity index (χ1n) is 10.4. The third-order valence-corrected chi connectivity index (χ3v) is 5.50. The van der Waals surface area contributed by atoms with Gasteiger partial charge in [-0.05, 0) is 30.7 Å². The Hall–Kier alpha value is -3.80. The Balaban J connectivity index is 1.68. The molecule has 0 unspecified atom stereocenters. The van der Waals surface area contributed by atoms with E-state index in [0.717, 1.165) is 6.07 Å². The van der Waals surface area contributed by atoms with Crippen LogP contribution >= 0.6 is 11.6 Å². The first kappa shape index (κ1) is 24.3. The molecule has 0 saturated heterocycles. The highest BCUT2D eigenvalue weighted by molar-refractivity contribution is 6.36. The highest BCUT2D eigenvalue weighted by Crippen LogP contribution is 2.37. The van der Waals surface area contributed by atoms with Crippen molar-refractivity contribution in [1.29, 1.82) is 0 Å². The minimum Gasteiger partial charge on any atom is -0.493 e. The number of halogens is 4. The van der Waals surface area contributed by atoms with E-state index < -0.39 is 17.8 Å². The van der Waals surface area contributed by atoms with E-state index >= 15 is 0 Å². The smallest absolute Gasteiger partial charge is 0.433 e. The van der Waals surface area contributed by atoms with Crippen LogP contribution in [0, 0.1) is 0 Å². The summed E-state index contributed by atoms with van der Waals surface area (Å²) in [6, 6.07) is 5.42. The molecule has 35 heavy (non-hydrogen) atoms. The first-order chi connectivity index (χ1) is 16.7. The fourth-order valence-corrected chi connectivity index (χ4v) is 3.69. The minimum absolute atomic E-state index is 0.0279. The number of hydrogen-bond acceptors (Lipinski definition) is 6. The van der Waals surface area contributed by atoms with E-state index in [0.29, 0.717) is 34.5 Å². The topological polar surface area (TPSA) is 95.6 Å². The Kier molecular flexibility index (Phi) is 6.83. The van der Waals surface area contributed by atoms with Gasteiger partial charge in [0.1, 0.15) is 5.02 Å². The van der Waals surface area contributed by atoms with Gasteiger partial charge in [0.15, 0.2) is 28.5 Å². The van der Waals surface area contributed by atoms with Gasteiger partial charge < -0.3 is 19.4 Å². The molecular formula is C22H20ClF3N6O3. The number of methoxy groups -OCH3 is 2. The Labute approximate surface area is 202 Å².